The molecule has 1 aliphatic heterocycles. The van der Waals surface area contributed by atoms with Gasteiger partial charge in [-0.2, -0.15) is 0 Å². The van der Waals surface area contributed by atoms with Gasteiger partial charge in [-0.05, 0) is 43.6 Å². The van der Waals surface area contributed by atoms with E-state index in [1.165, 1.54) is 18.4 Å². The number of methoxy groups -OCH3 is 1. The Labute approximate surface area is 141 Å². The van der Waals surface area contributed by atoms with Gasteiger partial charge in [-0.15, -0.1) is 0 Å². The summed E-state index contributed by atoms with van der Waals surface area (Å²) in [6.07, 6.45) is 2.41. The number of rotatable bonds is 9. The van der Waals surface area contributed by atoms with E-state index in [1.807, 2.05) is 0 Å². The Morgan fingerprint density at radius 1 is 1.09 bits per heavy atom. The van der Waals surface area contributed by atoms with Gasteiger partial charge in [0, 0.05) is 38.8 Å². The maximum absolute atomic E-state index is 5.32. The van der Waals surface area contributed by atoms with Gasteiger partial charge in [-0.25, -0.2) is 0 Å². The van der Waals surface area contributed by atoms with E-state index in [0.29, 0.717) is 6.04 Å². The number of ether oxygens (including phenoxy) is 1. The van der Waals surface area contributed by atoms with Crippen LogP contribution < -0.4 is 10.1 Å². The molecule has 4 nitrogen and oxygen atoms in total. The third-order valence-corrected chi connectivity index (χ3v) is 4.60. The molecule has 0 radical (unpaired) electrons. The van der Waals surface area contributed by atoms with E-state index in [-0.39, 0.29) is 0 Å². The van der Waals surface area contributed by atoms with Crippen LogP contribution in [0.25, 0.3) is 0 Å². The fourth-order valence-corrected chi connectivity index (χ4v) is 3.39. The molecule has 0 aromatic heterocycles. The van der Waals surface area contributed by atoms with Crippen LogP contribution in [0.15, 0.2) is 24.3 Å². The van der Waals surface area contributed by atoms with Crippen LogP contribution >= 0.6 is 0 Å². The first-order valence-corrected chi connectivity index (χ1v) is 9.09. The number of hydrogen-bond donors (Lipinski definition) is 1. The molecule has 1 heterocycles. The van der Waals surface area contributed by atoms with Gasteiger partial charge in [-0.3, -0.25) is 9.80 Å². The molecule has 1 N–H and O–H groups in total. The van der Waals surface area contributed by atoms with Crippen molar-refractivity contribution in [3.63, 3.8) is 0 Å². The summed E-state index contributed by atoms with van der Waals surface area (Å²) in [5.41, 5.74) is 1.41. The van der Waals surface area contributed by atoms with Gasteiger partial charge < -0.3 is 10.1 Å². The molecular weight excluding hydrogens is 286 g/mol. The largest absolute Gasteiger partial charge is 0.497 e. The zero-order valence-electron chi connectivity index (χ0n) is 15.1. The normalized spacial score (nSPS) is 17.4. The van der Waals surface area contributed by atoms with Crippen LogP contribution in [0.4, 0.5) is 0 Å². The summed E-state index contributed by atoms with van der Waals surface area (Å²) in [7, 11) is 1.73. The van der Waals surface area contributed by atoms with Crippen LogP contribution in [0.2, 0.25) is 0 Å². The quantitative estimate of drug-likeness (QED) is 0.757. The first-order chi connectivity index (χ1) is 11.3. The van der Waals surface area contributed by atoms with Crippen LogP contribution in [-0.2, 0) is 0 Å². The smallest absolute Gasteiger partial charge is 0.118 e. The van der Waals surface area contributed by atoms with Gasteiger partial charge in [-0.1, -0.05) is 26.0 Å². The van der Waals surface area contributed by atoms with Gasteiger partial charge >= 0.3 is 0 Å². The highest BCUT2D eigenvalue weighted by molar-refractivity contribution is 5.29. The molecule has 0 amide bonds. The van der Waals surface area contributed by atoms with Crippen LogP contribution in [0.1, 0.15) is 38.3 Å². The number of hydrogen-bond acceptors (Lipinski definition) is 4. The second-order valence-corrected chi connectivity index (χ2v) is 6.38. The lowest BCUT2D eigenvalue weighted by molar-refractivity contribution is 0.129. The van der Waals surface area contributed by atoms with Gasteiger partial charge in [0.15, 0.2) is 0 Å². The molecule has 2 rings (SSSR count). The Balaban J connectivity index is 2.16. The molecule has 0 bridgehead atoms. The van der Waals surface area contributed by atoms with Crippen molar-refractivity contribution in [3.05, 3.63) is 29.8 Å². The topological polar surface area (TPSA) is 27.7 Å². The van der Waals surface area contributed by atoms with Crippen LogP contribution in [0.5, 0.6) is 5.75 Å². The minimum atomic E-state index is 0.471. The average Bonchev–Trinajstić information content (AvgIpc) is 2.61. The summed E-state index contributed by atoms with van der Waals surface area (Å²) in [5.74, 6) is 0.937. The summed E-state index contributed by atoms with van der Waals surface area (Å²) in [6, 6.07) is 9.14. The minimum Gasteiger partial charge on any atom is -0.497 e. The van der Waals surface area contributed by atoms with E-state index < -0.39 is 0 Å². The number of piperazine rings is 1. The Morgan fingerprint density at radius 3 is 2.22 bits per heavy atom. The molecule has 1 aromatic carbocycles. The molecule has 23 heavy (non-hydrogen) atoms. The predicted molar refractivity (Wildman–Crippen MR) is 97.2 cm³/mol. The molecule has 1 aliphatic rings. The lowest BCUT2D eigenvalue weighted by atomic mass is 10.0. The standard InChI is InChI=1S/C19H33N3O/c1-4-12-22(13-5-2)19(16-21-14-10-20-11-15-21)17-6-8-18(23-3)9-7-17/h6-9,19-20H,4-5,10-16H2,1-3H3. The van der Waals surface area contributed by atoms with E-state index in [4.69, 9.17) is 4.74 Å². The van der Waals surface area contributed by atoms with Crippen molar-refractivity contribution in [1.82, 2.24) is 15.1 Å². The first kappa shape index (κ1) is 18.2. The maximum Gasteiger partial charge on any atom is 0.118 e. The molecule has 1 aromatic rings. The lowest BCUT2D eigenvalue weighted by Gasteiger charge is -2.37. The van der Waals surface area contributed by atoms with Crippen molar-refractivity contribution in [2.75, 3.05) is 52.9 Å². The average molecular weight is 319 g/mol. The zero-order chi connectivity index (χ0) is 16.5. The minimum absolute atomic E-state index is 0.471. The first-order valence-electron chi connectivity index (χ1n) is 9.09. The molecule has 4 heteroatoms. The Hall–Kier alpha value is -1.10. The summed E-state index contributed by atoms with van der Waals surface area (Å²) in [4.78, 5) is 5.26. The Morgan fingerprint density at radius 2 is 1.70 bits per heavy atom. The van der Waals surface area contributed by atoms with Crippen LogP contribution in [-0.4, -0.2) is 62.7 Å². The van der Waals surface area contributed by atoms with Crippen molar-refractivity contribution >= 4 is 0 Å². The number of nitrogens with one attached hydrogen (secondary N) is 1. The molecule has 0 aliphatic carbocycles. The summed E-state index contributed by atoms with van der Waals surface area (Å²) in [5, 5.41) is 3.45. The van der Waals surface area contributed by atoms with Crippen molar-refractivity contribution in [3.8, 4) is 5.75 Å². The van der Waals surface area contributed by atoms with Crippen molar-refractivity contribution in [1.29, 1.82) is 0 Å². The third-order valence-electron chi connectivity index (χ3n) is 4.60. The molecule has 1 saturated heterocycles. The molecule has 0 spiro atoms. The summed E-state index contributed by atoms with van der Waals surface area (Å²) >= 11 is 0. The molecule has 0 saturated carbocycles. The number of benzene rings is 1. The molecular formula is C19H33N3O. The number of nitrogens with zero attached hydrogens (tertiary/aromatic N) is 2. The van der Waals surface area contributed by atoms with Crippen LogP contribution in [0.3, 0.4) is 0 Å². The van der Waals surface area contributed by atoms with Gasteiger partial charge in [0.05, 0.1) is 7.11 Å². The Kier molecular flexibility index (Phi) is 7.86. The SMILES string of the molecule is CCCN(CCC)C(CN1CCNCC1)c1ccc(OC)cc1. The molecule has 1 fully saturated rings. The predicted octanol–water partition coefficient (Wildman–Crippen LogP) is 2.76. The summed E-state index contributed by atoms with van der Waals surface area (Å²) < 4.78 is 5.32. The highest BCUT2D eigenvalue weighted by Crippen LogP contribution is 2.25. The van der Waals surface area contributed by atoms with E-state index in [2.05, 4.69) is 53.2 Å². The van der Waals surface area contributed by atoms with E-state index in [1.54, 1.807) is 7.11 Å². The zero-order valence-corrected chi connectivity index (χ0v) is 15.1. The van der Waals surface area contributed by atoms with E-state index in [9.17, 15) is 0 Å². The van der Waals surface area contributed by atoms with Crippen molar-refractivity contribution in [2.45, 2.75) is 32.7 Å². The van der Waals surface area contributed by atoms with Gasteiger partial charge in [0.25, 0.3) is 0 Å². The third kappa shape index (κ3) is 5.48. The summed E-state index contributed by atoms with van der Waals surface area (Å²) in [6.45, 7) is 12.5. The highest BCUT2D eigenvalue weighted by Gasteiger charge is 2.23. The molecule has 130 valence electrons. The molecule has 1 atom stereocenters. The lowest BCUT2D eigenvalue weighted by Crippen LogP contribution is -2.47. The van der Waals surface area contributed by atoms with Gasteiger partial charge in [0.1, 0.15) is 5.75 Å². The second-order valence-electron chi connectivity index (χ2n) is 6.38. The van der Waals surface area contributed by atoms with Crippen molar-refractivity contribution < 1.29 is 4.74 Å². The monoisotopic (exact) mass is 319 g/mol. The fourth-order valence-electron chi connectivity index (χ4n) is 3.39. The van der Waals surface area contributed by atoms with Crippen LogP contribution in [0, 0.1) is 0 Å². The van der Waals surface area contributed by atoms with E-state index in [0.717, 1.165) is 51.6 Å². The molecule has 1 unspecified atom stereocenters. The fraction of sp³-hybridized carbons (Fsp3) is 0.684. The Bertz CT molecular complexity index is 423. The van der Waals surface area contributed by atoms with Gasteiger partial charge in [0.2, 0.25) is 0 Å². The highest BCUT2D eigenvalue weighted by atomic mass is 16.5. The van der Waals surface area contributed by atoms with E-state index >= 15 is 0 Å². The van der Waals surface area contributed by atoms with Crippen molar-refractivity contribution in [2.24, 2.45) is 0 Å². The maximum atomic E-state index is 5.32. The second kappa shape index (κ2) is 9.91.